The summed E-state index contributed by atoms with van der Waals surface area (Å²) in [6, 6.07) is 6.80. The van der Waals surface area contributed by atoms with Gasteiger partial charge in [0.15, 0.2) is 0 Å². The average molecular weight is 262 g/mol. The minimum absolute atomic E-state index is 0.231. The van der Waals surface area contributed by atoms with Crippen LogP contribution in [0, 0.1) is 11.3 Å². The lowest BCUT2D eigenvalue weighted by Gasteiger charge is -2.26. The Hall–Kier alpha value is -2.00. The van der Waals surface area contributed by atoms with Gasteiger partial charge >= 0.3 is 0 Å². The molecule has 0 atom stereocenters. The number of para-hydroxylation sites is 1. The van der Waals surface area contributed by atoms with Crippen LogP contribution in [0.5, 0.6) is 5.75 Å². The van der Waals surface area contributed by atoms with Crippen molar-refractivity contribution in [1.29, 1.82) is 5.26 Å². The molecule has 1 aliphatic rings. The Morgan fingerprint density at radius 1 is 1.33 bits per heavy atom. The predicted molar refractivity (Wildman–Crippen MR) is 67.5 cm³/mol. The highest BCUT2D eigenvalue weighted by atomic mass is 32.2. The fourth-order valence-corrected chi connectivity index (χ4v) is 2.46. The monoisotopic (exact) mass is 262 g/mol. The molecule has 2 rings (SSSR count). The summed E-state index contributed by atoms with van der Waals surface area (Å²) in [5.41, 5.74) is 0.501. The second kappa shape index (κ2) is 5.10. The van der Waals surface area contributed by atoms with Crippen molar-refractivity contribution in [2.24, 2.45) is 0 Å². The quantitative estimate of drug-likeness (QED) is 0.748. The highest BCUT2D eigenvalue weighted by Gasteiger charge is 2.31. The summed E-state index contributed by atoms with van der Waals surface area (Å²) in [6.07, 6.45) is 0. The number of benzene rings is 1. The van der Waals surface area contributed by atoms with E-state index in [4.69, 9.17) is 10.00 Å². The van der Waals surface area contributed by atoms with Crippen LogP contribution >= 0.6 is 11.8 Å². The third-order valence-electron chi connectivity index (χ3n) is 2.51. The van der Waals surface area contributed by atoms with Gasteiger partial charge in [0.1, 0.15) is 17.5 Å². The van der Waals surface area contributed by atoms with Crippen LogP contribution in [-0.2, 0) is 9.59 Å². The Morgan fingerprint density at radius 2 is 2.00 bits per heavy atom. The van der Waals surface area contributed by atoms with Crippen LogP contribution in [0.25, 0.3) is 0 Å². The van der Waals surface area contributed by atoms with Crippen molar-refractivity contribution < 1.29 is 14.3 Å². The second-order valence-corrected chi connectivity index (χ2v) is 4.57. The summed E-state index contributed by atoms with van der Waals surface area (Å²) in [4.78, 5) is 24.8. The molecule has 1 heterocycles. The molecular formula is C12H10N2O3S. The van der Waals surface area contributed by atoms with Crippen molar-refractivity contribution in [3.8, 4) is 11.8 Å². The van der Waals surface area contributed by atoms with Crippen LogP contribution in [0.15, 0.2) is 18.2 Å². The molecule has 0 unspecified atom stereocenters. The van der Waals surface area contributed by atoms with Crippen molar-refractivity contribution in [3.05, 3.63) is 23.8 Å². The van der Waals surface area contributed by atoms with E-state index in [-0.39, 0.29) is 34.6 Å². The van der Waals surface area contributed by atoms with Gasteiger partial charge in [-0.2, -0.15) is 5.26 Å². The molecular weight excluding hydrogens is 252 g/mol. The molecule has 0 aromatic heterocycles. The number of thioether (sulfide) groups is 1. The third kappa shape index (κ3) is 2.05. The molecule has 1 saturated heterocycles. The van der Waals surface area contributed by atoms with Gasteiger partial charge in [0.05, 0.1) is 24.2 Å². The van der Waals surface area contributed by atoms with Gasteiger partial charge < -0.3 is 4.74 Å². The van der Waals surface area contributed by atoms with Crippen molar-refractivity contribution in [2.45, 2.75) is 0 Å². The summed E-state index contributed by atoms with van der Waals surface area (Å²) < 4.78 is 5.13. The summed E-state index contributed by atoms with van der Waals surface area (Å²) in [6.45, 7) is 0. The number of anilines is 1. The van der Waals surface area contributed by atoms with E-state index >= 15 is 0 Å². The summed E-state index contributed by atoms with van der Waals surface area (Å²) in [5, 5.41) is 9.08. The highest BCUT2D eigenvalue weighted by Crippen LogP contribution is 2.34. The molecule has 0 N–H and O–H groups in total. The molecule has 0 saturated carbocycles. The van der Waals surface area contributed by atoms with Crippen LogP contribution in [0.1, 0.15) is 5.56 Å². The Labute approximate surface area is 108 Å². The van der Waals surface area contributed by atoms with E-state index in [9.17, 15) is 9.59 Å². The summed E-state index contributed by atoms with van der Waals surface area (Å²) in [5.74, 6) is 0.167. The van der Waals surface area contributed by atoms with Gasteiger partial charge in [-0.1, -0.05) is 6.07 Å². The number of carbonyl (C=O) groups excluding carboxylic acids is 2. The first-order chi connectivity index (χ1) is 8.69. The number of imide groups is 1. The predicted octanol–water partition coefficient (Wildman–Crippen LogP) is 1.17. The fourth-order valence-electron chi connectivity index (χ4n) is 1.75. The molecule has 0 bridgehead atoms. The Kier molecular flexibility index (Phi) is 3.53. The van der Waals surface area contributed by atoms with Gasteiger partial charge in [-0.05, 0) is 12.1 Å². The van der Waals surface area contributed by atoms with Crippen LogP contribution in [-0.4, -0.2) is 30.4 Å². The third-order valence-corrected chi connectivity index (χ3v) is 3.42. The van der Waals surface area contributed by atoms with Crippen LogP contribution in [0.4, 0.5) is 5.69 Å². The number of nitrogens with zero attached hydrogens (tertiary/aromatic N) is 2. The van der Waals surface area contributed by atoms with Crippen molar-refractivity contribution in [2.75, 3.05) is 23.5 Å². The van der Waals surface area contributed by atoms with Crippen molar-refractivity contribution >= 4 is 29.3 Å². The average Bonchev–Trinajstić information content (AvgIpc) is 2.38. The van der Waals surface area contributed by atoms with Gasteiger partial charge in [-0.25, -0.2) is 4.90 Å². The number of nitriles is 1. The molecule has 0 radical (unpaired) electrons. The number of amides is 2. The maximum Gasteiger partial charge on any atom is 0.243 e. The summed E-state index contributed by atoms with van der Waals surface area (Å²) >= 11 is 1.27. The number of rotatable bonds is 2. The topological polar surface area (TPSA) is 70.4 Å². The smallest absolute Gasteiger partial charge is 0.243 e. The number of methoxy groups -OCH3 is 1. The Balaban J connectivity index is 2.58. The van der Waals surface area contributed by atoms with Crippen molar-refractivity contribution in [3.63, 3.8) is 0 Å². The van der Waals surface area contributed by atoms with Crippen LogP contribution in [0.3, 0.4) is 0 Å². The normalized spacial score (nSPS) is 15.4. The zero-order valence-corrected chi connectivity index (χ0v) is 10.5. The molecule has 1 aromatic rings. The van der Waals surface area contributed by atoms with E-state index < -0.39 is 0 Å². The highest BCUT2D eigenvalue weighted by molar-refractivity contribution is 8.00. The molecule has 1 aromatic carbocycles. The number of ether oxygens (including phenoxy) is 1. The van der Waals surface area contributed by atoms with Crippen molar-refractivity contribution in [1.82, 2.24) is 0 Å². The molecule has 92 valence electrons. The van der Waals surface area contributed by atoms with Crippen LogP contribution < -0.4 is 9.64 Å². The standard InChI is InChI=1S/C12H10N2O3S/c1-17-9-4-2-3-8(5-13)12(9)14-10(15)6-18-7-11(14)16/h2-4H,6-7H2,1H3. The lowest BCUT2D eigenvalue weighted by molar-refractivity contribution is -0.124. The second-order valence-electron chi connectivity index (χ2n) is 3.58. The van der Waals surface area contributed by atoms with E-state index in [1.165, 1.54) is 18.9 Å². The lowest BCUT2D eigenvalue weighted by Crippen LogP contribution is -2.43. The van der Waals surface area contributed by atoms with E-state index in [0.717, 1.165) is 4.90 Å². The molecule has 2 amide bonds. The van der Waals surface area contributed by atoms with Gasteiger partial charge in [0.25, 0.3) is 0 Å². The zero-order valence-electron chi connectivity index (χ0n) is 9.67. The Morgan fingerprint density at radius 3 is 2.56 bits per heavy atom. The van der Waals surface area contributed by atoms with E-state index in [0.29, 0.717) is 5.75 Å². The minimum Gasteiger partial charge on any atom is -0.495 e. The van der Waals surface area contributed by atoms with E-state index in [1.54, 1.807) is 18.2 Å². The number of hydrogen-bond acceptors (Lipinski definition) is 5. The largest absolute Gasteiger partial charge is 0.495 e. The first-order valence-electron chi connectivity index (χ1n) is 5.19. The molecule has 18 heavy (non-hydrogen) atoms. The van der Waals surface area contributed by atoms with Gasteiger partial charge in [0.2, 0.25) is 11.8 Å². The van der Waals surface area contributed by atoms with Gasteiger partial charge in [-0.15, -0.1) is 11.8 Å². The maximum absolute atomic E-state index is 11.9. The molecule has 1 aliphatic heterocycles. The van der Waals surface area contributed by atoms with E-state index in [1.807, 2.05) is 6.07 Å². The molecule has 1 fully saturated rings. The van der Waals surface area contributed by atoms with Gasteiger partial charge in [0, 0.05) is 0 Å². The lowest BCUT2D eigenvalue weighted by atomic mass is 10.1. The van der Waals surface area contributed by atoms with E-state index in [2.05, 4.69) is 0 Å². The molecule has 5 nitrogen and oxygen atoms in total. The minimum atomic E-state index is -0.322. The number of carbonyl (C=O) groups is 2. The van der Waals surface area contributed by atoms with Crippen LogP contribution in [0.2, 0.25) is 0 Å². The first kappa shape index (κ1) is 12.5. The molecule has 6 heteroatoms. The maximum atomic E-state index is 11.9. The summed E-state index contributed by atoms with van der Waals surface area (Å²) in [7, 11) is 1.44. The zero-order chi connectivity index (χ0) is 13.1. The Bertz CT molecular complexity index is 535. The number of hydrogen-bond donors (Lipinski definition) is 0. The fraction of sp³-hybridized carbons (Fsp3) is 0.250. The SMILES string of the molecule is COc1cccc(C#N)c1N1C(=O)CSCC1=O. The van der Waals surface area contributed by atoms with Gasteiger partial charge in [-0.3, -0.25) is 9.59 Å². The molecule has 0 spiro atoms. The first-order valence-corrected chi connectivity index (χ1v) is 6.35. The molecule has 0 aliphatic carbocycles.